The van der Waals surface area contributed by atoms with E-state index in [0.717, 1.165) is 31.7 Å². The summed E-state index contributed by atoms with van der Waals surface area (Å²) >= 11 is 12.1. The van der Waals surface area contributed by atoms with Gasteiger partial charge in [-0.05, 0) is 23.8 Å². The Morgan fingerprint density at radius 3 is 2.39 bits per heavy atom. The normalized spacial score (nSPS) is 18.3. The summed E-state index contributed by atoms with van der Waals surface area (Å²) in [5.74, 6) is 0. The van der Waals surface area contributed by atoms with Crippen molar-refractivity contribution in [2.45, 2.75) is 12.5 Å². The molecule has 3 nitrogen and oxygen atoms in total. The number of rotatable bonds is 3. The minimum Gasteiger partial charge on any atom is -0.314 e. The summed E-state index contributed by atoms with van der Waals surface area (Å²) in [4.78, 5) is 2.31. The zero-order chi connectivity index (χ0) is 13.0. The molecular formula is C13H15Cl2N3. The molecule has 1 fully saturated rings. The molecule has 0 amide bonds. The summed E-state index contributed by atoms with van der Waals surface area (Å²) in [6.45, 7) is 3.79. The SMILES string of the molecule is N#CC[C@@H](c1cc(Cl)cc(Cl)c1)N1CCNCC1. The highest BCUT2D eigenvalue weighted by Gasteiger charge is 2.22. The molecule has 1 N–H and O–H groups in total. The van der Waals surface area contributed by atoms with Gasteiger partial charge in [0.2, 0.25) is 0 Å². The molecule has 2 rings (SSSR count). The van der Waals surface area contributed by atoms with Crippen molar-refractivity contribution in [1.82, 2.24) is 10.2 Å². The summed E-state index contributed by atoms with van der Waals surface area (Å²) in [5, 5.41) is 13.6. The molecule has 1 aliphatic rings. The van der Waals surface area contributed by atoms with E-state index < -0.39 is 0 Å². The first-order valence-electron chi connectivity index (χ1n) is 5.98. The Morgan fingerprint density at radius 2 is 1.83 bits per heavy atom. The highest BCUT2D eigenvalue weighted by Crippen LogP contribution is 2.29. The number of nitriles is 1. The van der Waals surface area contributed by atoms with Crippen molar-refractivity contribution in [1.29, 1.82) is 5.26 Å². The maximum absolute atomic E-state index is 9.01. The van der Waals surface area contributed by atoms with Crippen LogP contribution < -0.4 is 5.32 Å². The average molecular weight is 284 g/mol. The van der Waals surface area contributed by atoms with Crippen LogP contribution in [0.5, 0.6) is 0 Å². The quantitative estimate of drug-likeness (QED) is 0.927. The van der Waals surface area contributed by atoms with Gasteiger partial charge in [0.05, 0.1) is 12.5 Å². The lowest BCUT2D eigenvalue weighted by atomic mass is 10.0. The van der Waals surface area contributed by atoms with Crippen molar-refractivity contribution in [3.8, 4) is 6.07 Å². The van der Waals surface area contributed by atoms with Gasteiger partial charge in [-0.1, -0.05) is 23.2 Å². The van der Waals surface area contributed by atoms with Crippen molar-refractivity contribution in [2.75, 3.05) is 26.2 Å². The summed E-state index contributed by atoms with van der Waals surface area (Å²) in [5.41, 5.74) is 1.02. The third-order valence-electron chi connectivity index (χ3n) is 3.15. The van der Waals surface area contributed by atoms with Gasteiger partial charge in [-0.3, -0.25) is 4.90 Å². The first-order chi connectivity index (χ1) is 8.70. The Balaban J connectivity index is 2.25. The summed E-state index contributed by atoms with van der Waals surface area (Å²) in [7, 11) is 0. The van der Waals surface area contributed by atoms with E-state index in [2.05, 4.69) is 16.3 Å². The largest absolute Gasteiger partial charge is 0.314 e. The maximum Gasteiger partial charge on any atom is 0.0641 e. The molecule has 0 aromatic heterocycles. The standard InChI is InChI=1S/C13H15Cl2N3/c14-11-7-10(8-12(15)9-11)13(1-2-16)18-5-3-17-4-6-18/h7-9,13,17H,1,3-6H2/t13-/m0/s1. The van der Waals surface area contributed by atoms with Crippen LogP contribution >= 0.6 is 23.2 Å². The molecule has 96 valence electrons. The van der Waals surface area contributed by atoms with E-state index in [9.17, 15) is 0 Å². The number of hydrogen-bond acceptors (Lipinski definition) is 3. The summed E-state index contributed by atoms with van der Waals surface area (Å²) in [6.07, 6.45) is 0.455. The molecule has 1 aromatic rings. The molecule has 1 saturated heterocycles. The number of benzene rings is 1. The van der Waals surface area contributed by atoms with Crippen LogP contribution in [0.4, 0.5) is 0 Å². The van der Waals surface area contributed by atoms with Crippen molar-refractivity contribution >= 4 is 23.2 Å². The van der Waals surface area contributed by atoms with Gasteiger partial charge in [0, 0.05) is 42.3 Å². The first kappa shape index (κ1) is 13.6. The van der Waals surface area contributed by atoms with Gasteiger partial charge in [-0.15, -0.1) is 0 Å². The Bertz CT molecular complexity index is 430. The smallest absolute Gasteiger partial charge is 0.0641 e. The predicted molar refractivity (Wildman–Crippen MR) is 73.9 cm³/mol. The van der Waals surface area contributed by atoms with E-state index in [1.165, 1.54) is 0 Å². The van der Waals surface area contributed by atoms with E-state index in [-0.39, 0.29) is 6.04 Å². The van der Waals surface area contributed by atoms with Gasteiger partial charge in [0.25, 0.3) is 0 Å². The van der Waals surface area contributed by atoms with Gasteiger partial charge >= 0.3 is 0 Å². The zero-order valence-electron chi connectivity index (χ0n) is 10.00. The summed E-state index contributed by atoms with van der Waals surface area (Å²) < 4.78 is 0. The van der Waals surface area contributed by atoms with Gasteiger partial charge in [0.1, 0.15) is 0 Å². The number of nitrogens with zero attached hydrogens (tertiary/aromatic N) is 2. The lowest BCUT2D eigenvalue weighted by Crippen LogP contribution is -2.45. The molecule has 1 heterocycles. The first-order valence-corrected chi connectivity index (χ1v) is 6.74. The molecular weight excluding hydrogens is 269 g/mol. The highest BCUT2D eigenvalue weighted by molar-refractivity contribution is 6.34. The monoisotopic (exact) mass is 283 g/mol. The van der Waals surface area contributed by atoms with Crippen LogP contribution in [0, 0.1) is 11.3 Å². The Hall–Kier alpha value is -0.790. The molecule has 0 unspecified atom stereocenters. The predicted octanol–water partition coefficient (Wildman–Crippen LogP) is 2.85. The maximum atomic E-state index is 9.01. The fraction of sp³-hybridized carbons (Fsp3) is 0.462. The molecule has 0 aliphatic carbocycles. The fourth-order valence-electron chi connectivity index (χ4n) is 2.31. The minimum atomic E-state index is 0.0771. The van der Waals surface area contributed by atoms with Crippen LogP contribution in [0.1, 0.15) is 18.0 Å². The molecule has 0 spiro atoms. The van der Waals surface area contributed by atoms with E-state index >= 15 is 0 Å². The molecule has 1 aliphatic heterocycles. The molecule has 0 radical (unpaired) electrons. The second-order valence-corrected chi connectivity index (χ2v) is 5.24. The second kappa shape index (κ2) is 6.40. The second-order valence-electron chi connectivity index (χ2n) is 4.37. The lowest BCUT2D eigenvalue weighted by molar-refractivity contribution is 0.175. The topological polar surface area (TPSA) is 39.1 Å². The van der Waals surface area contributed by atoms with Crippen LogP contribution in [-0.4, -0.2) is 31.1 Å². The third-order valence-corrected chi connectivity index (χ3v) is 3.58. The van der Waals surface area contributed by atoms with Crippen molar-refractivity contribution in [3.63, 3.8) is 0 Å². The van der Waals surface area contributed by atoms with Crippen LogP contribution in [0.25, 0.3) is 0 Å². The van der Waals surface area contributed by atoms with Crippen molar-refractivity contribution < 1.29 is 0 Å². The molecule has 18 heavy (non-hydrogen) atoms. The molecule has 1 atom stereocenters. The Morgan fingerprint density at radius 1 is 1.22 bits per heavy atom. The van der Waals surface area contributed by atoms with Crippen LogP contribution in [0.2, 0.25) is 10.0 Å². The highest BCUT2D eigenvalue weighted by atomic mass is 35.5. The Labute approximate surface area is 117 Å². The third kappa shape index (κ3) is 3.37. The van der Waals surface area contributed by atoms with E-state index in [0.29, 0.717) is 16.5 Å². The van der Waals surface area contributed by atoms with Crippen LogP contribution in [0.15, 0.2) is 18.2 Å². The van der Waals surface area contributed by atoms with E-state index in [4.69, 9.17) is 28.5 Å². The fourth-order valence-corrected chi connectivity index (χ4v) is 2.85. The van der Waals surface area contributed by atoms with E-state index in [1.54, 1.807) is 6.07 Å². The van der Waals surface area contributed by atoms with Crippen LogP contribution in [0.3, 0.4) is 0 Å². The number of halogens is 2. The number of hydrogen-bond donors (Lipinski definition) is 1. The minimum absolute atomic E-state index is 0.0771. The number of piperazine rings is 1. The molecule has 1 aromatic carbocycles. The van der Waals surface area contributed by atoms with Crippen LogP contribution in [-0.2, 0) is 0 Å². The average Bonchev–Trinajstić information content (AvgIpc) is 2.36. The molecule has 5 heteroatoms. The number of nitrogens with one attached hydrogen (secondary N) is 1. The zero-order valence-corrected chi connectivity index (χ0v) is 11.5. The van der Waals surface area contributed by atoms with Gasteiger partial charge in [-0.2, -0.15) is 5.26 Å². The lowest BCUT2D eigenvalue weighted by Gasteiger charge is -2.34. The molecule has 0 bridgehead atoms. The molecule has 0 saturated carbocycles. The van der Waals surface area contributed by atoms with Gasteiger partial charge < -0.3 is 5.32 Å². The summed E-state index contributed by atoms with van der Waals surface area (Å²) in [6, 6.07) is 7.85. The van der Waals surface area contributed by atoms with Crippen molar-refractivity contribution in [2.24, 2.45) is 0 Å². The van der Waals surface area contributed by atoms with Gasteiger partial charge in [0.15, 0.2) is 0 Å². The Kier molecular flexibility index (Phi) is 4.85. The van der Waals surface area contributed by atoms with E-state index in [1.807, 2.05) is 12.1 Å². The van der Waals surface area contributed by atoms with Gasteiger partial charge in [-0.25, -0.2) is 0 Å². The van der Waals surface area contributed by atoms with Crippen molar-refractivity contribution in [3.05, 3.63) is 33.8 Å².